The summed E-state index contributed by atoms with van der Waals surface area (Å²) in [6, 6.07) is 15.3. The van der Waals surface area contributed by atoms with Gasteiger partial charge < -0.3 is 10.1 Å². The largest absolute Gasteiger partial charge is 0.491 e. The fraction of sp³-hybridized carbons (Fsp3) is 0.240. The third kappa shape index (κ3) is 4.73. The number of rotatable bonds is 7. The minimum atomic E-state index is -0.296. The third-order valence-electron chi connectivity index (χ3n) is 5.06. The van der Waals surface area contributed by atoms with Crippen LogP contribution in [0.15, 0.2) is 65.0 Å². The van der Waals surface area contributed by atoms with E-state index >= 15 is 0 Å². The molecule has 32 heavy (non-hydrogen) atoms. The van der Waals surface area contributed by atoms with E-state index in [1.807, 2.05) is 31.4 Å². The van der Waals surface area contributed by atoms with Crippen LogP contribution in [0.3, 0.4) is 0 Å². The molecule has 2 aromatic heterocycles. The van der Waals surface area contributed by atoms with Crippen LogP contribution in [0.5, 0.6) is 5.75 Å². The predicted octanol–water partition coefficient (Wildman–Crippen LogP) is 5.11. The number of fused-ring (bicyclic) bond motifs is 1. The van der Waals surface area contributed by atoms with Crippen molar-refractivity contribution < 1.29 is 9.53 Å². The maximum Gasteiger partial charge on any atom is 0.263 e. The maximum absolute atomic E-state index is 13.2. The molecule has 0 aliphatic rings. The summed E-state index contributed by atoms with van der Waals surface area (Å²) in [4.78, 5) is 30.8. The van der Waals surface area contributed by atoms with Gasteiger partial charge in [-0.2, -0.15) is 0 Å². The van der Waals surface area contributed by atoms with Crippen molar-refractivity contribution in [3.63, 3.8) is 0 Å². The molecule has 2 heterocycles. The summed E-state index contributed by atoms with van der Waals surface area (Å²) in [6.45, 7) is 5.90. The number of hydrogen-bond acceptors (Lipinski definition) is 5. The van der Waals surface area contributed by atoms with Gasteiger partial charge in [-0.15, -0.1) is 11.3 Å². The molecule has 2 aromatic carbocycles. The van der Waals surface area contributed by atoms with E-state index in [1.54, 1.807) is 24.3 Å². The lowest BCUT2D eigenvalue weighted by molar-refractivity contribution is -0.116. The summed E-state index contributed by atoms with van der Waals surface area (Å²) in [5.41, 5.74) is 3.48. The van der Waals surface area contributed by atoms with E-state index < -0.39 is 0 Å². The molecule has 0 saturated heterocycles. The number of anilines is 1. The first kappa shape index (κ1) is 21.8. The molecule has 1 N–H and O–H groups in total. The van der Waals surface area contributed by atoms with Gasteiger partial charge in [-0.25, -0.2) is 4.98 Å². The number of carbonyl (C=O) groups excluding carboxylic acids is 1. The number of benzene rings is 2. The molecule has 0 aliphatic carbocycles. The van der Waals surface area contributed by atoms with E-state index in [9.17, 15) is 9.59 Å². The van der Waals surface area contributed by atoms with Crippen LogP contribution in [0.1, 0.15) is 26.3 Å². The van der Waals surface area contributed by atoms with Gasteiger partial charge >= 0.3 is 0 Å². The highest BCUT2D eigenvalue weighted by Gasteiger charge is 2.15. The molecule has 7 heteroatoms. The minimum absolute atomic E-state index is 0.0799. The highest BCUT2D eigenvalue weighted by atomic mass is 32.1. The lowest BCUT2D eigenvalue weighted by Crippen LogP contribution is -2.27. The first-order chi connectivity index (χ1) is 15.4. The van der Waals surface area contributed by atoms with Gasteiger partial charge in [-0.3, -0.25) is 14.2 Å². The van der Waals surface area contributed by atoms with Gasteiger partial charge in [0.2, 0.25) is 5.91 Å². The van der Waals surface area contributed by atoms with Crippen LogP contribution in [-0.4, -0.2) is 21.6 Å². The molecule has 0 radical (unpaired) electrons. The summed E-state index contributed by atoms with van der Waals surface area (Å²) in [6.07, 6.45) is 2.47. The standard InChI is InChI=1S/C25H25N3O3S/c1-4-17-5-7-18(8-6-17)21-14-32-24-23(21)25(30)28(15-26-24)13-22(29)27-19-9-11-20(12-10-19)31-16(2)3/h5-12,14-16H,4,13H2,1-3H3,(H,27,29). The Kier molecular flexibility index (Phi) is 6.37. The Labute approximate surface area is 190 Å². The number of thiophene rings is 1. The van der Waals surface area contributed by atoms with Gasteiger partial charge in [0.25, 0.3) is 5.56 Å². The van der Waals surface area contributed by atoms with Crippen LogP contribution < -0.4 is 15.6 Å². The second-order valence-corrected chi connectivity index (χ2v) is 8.65. The zero-order valence-electron chi connectivity index (χ0n) is 18.3. The number of carbonyl (C=O) groups is 1. The van der Waals surface area contributed by atoms with Crippen LogP contribution >= 0.6 is 11.3 Å². The number of hydrogen-bond donors (Lipinski definition) is 1. The maximum atomic E-state index is 13.2. The molecule has 0 fully saturated rings. The topological polar surface area (TPSA) is 73.2 Å². The van der Waals surface area contributed by atoms with Crippen LogP contribution in [0.25, 0.3) is 21.3 Å². The van der Waals surface area contributed by atoms with Crippen molar-refractivity contribution in [2.75, 3.05) is 5.32 Å². The van der Waals surface area contributed by atoms with Crippen LogP contribution in [0, 0.1) is 0 Å². The zero-order chi connectivity index (χ0) is 22.7. The average Bonchev–Trinajstić information content (AvgIpc) is 3.22. The summed E-state index contributed by atoms with van der Waals surface area (Å²) < 4.78 is 6.97. The number of aryl methyl sites for hydroxylation is 1. The Hall–Kier alpha value is -3.45. The SMILES string of the molecule is CCc1ccc(-c2csc3ncn(CC(=O)Nc4ccc(OC(C)C)cc4)c(=O)c23)cc1. The monoisotopic (exact) mass is 447 g/mol. The molecule has 4 rings (SSSR count). The van der Waals surface area contributed by atoms with Gasteiger partial charge in [0.15, 0.2) is 0 Å². The first-order valence-electron chi connectivity index (χ1n) is 10.6. The van der Waals surface area contributed by atoms with Crippen molar-refractivity contribution >= 4 is 33.1 Å². The van der Waals surface area contributed by atoms with E-state index in [0.717, 1.165) is 23.3 Å². The second-order valence-electron chi connectivity index (χ2n) is 7.80. The van der Waals surface area contributed by atoms with Gasteiger partial charge in [-0.1, -0.05) is 31.2 Å². The van der Waals surface area contributed by atoms with E-state index in [4.69, 9.17) is 4.74 Å². The highest BCUT2D eigenvalue weighted by molar-refractivity contribution is 7.17. The highest BCUT2D eigenvalue weighted by Crippen LogP contribution is 2.30. The molecule has 0 aliphatic heterocycles. The van der Waals surface area contributed by atoms with Crippen molar-refractivity contribution in [3.8, 4) is 16.9 Å². The van der Waals surface area contributed by atoms with Crippen molar-refractivity contribution in [2.24, 2.45) is 0 Å². The Morgan fingerprint density at radius 3 is 2.50 bits per heavy atom. The van der Waals surface area contributed by atoms with Gasteiger partial charge in [0, 0.05) is 16.6 Å². The molecule has 164 valence electrons. The predicted molar refractivity (Wildman–Crippen MR) is 130 cm³/mol. The molecule has 0 unspecified atom stereocenters. The quantitative estimate of drug-likeness (QED) is 0.427. The normalized spacial score (nSPS) is 11.1. The molecule has 4 aromatic rings. The van der Waals surface area contributed by atoms with Crippen LogP contribution in [-0.2, 0) is 17.8 Å². The van der Waals surface area contributed by atoms with Crippen molar-refractivity contribution in [1.29, 1.82) is 0 Å². The van der Waals surface area contributed by atoms with E-state index in [1.165, 1.54) is 27.8 Å². The summed E-state index contributed by atoms with van der Waals surface area (Å²) in [5.74, 6) is 0.440. The Balaban J connectivity index is 1.55. The fourth-order valence-corrected chi connectivity index (χ4v) is 4.36. The van der Waals surface area contributed by atoms with Crippen molar-refractivity contribution in [1.82, 2.24) is 9.55 Å². The molecule has 1 amide bonds. The number of ether oxygens (including phenoxy) is 1. The number of nitrogens with one attached hydrogen (secondary N) is 1. The number of amides is 1. The second kappa shape index (κ2) is 9.36. The van der Waals surface area contributed by atoms with Gasteiger partial charge in [0.05, 0.1) is 17.8 Å². The minimum Gasteiger partial charge on any atom is -0.491 e. The third-order valence-corrected chi connectivity index (χ3v) is 5.94. The molecule has 0 saturated carbocycles. The first-order valence-corrected chi connectivity index (χ1v) is 11.4. The van der Waals surface area contributed by atoms with Crippen molar-refractivity contribution in [3.05, 3.63) is 76.2 Å². The molecule has 0 bridgehead atoms. The van der Waals surface area contributed by atoms with E-state index in [0.29, 0.717) is 15.9 Å². The van der Waals surface area contributed by atoms with Gasteiger partial charge in [-0.05, 0) is 55.7 Å². The lowest BCUT2D eigenvalue weighted by atomic mass is 10.0. The zero-order valence-corrected chi connectivity index (χ0v) is 19.1. The average molecular weight is 448 g/mol. The van der Waals surface area contributed by atoms with E-state index in [2.05, 4.69) is 29.4 Å². The molecule has 6 nitrogen and oxygen atoms in total. The number of nitrogens with zero attached hydrogens (tertiary/aromatic N) is 2. The van der Waals surface area contributed by atoms with E-state index in [-0.39, 0.29) is 24.1 Å². The Morgan fingerprint density at radius 1 is 1.12 bits per heavy atom. The fourth-order valence-electron chi connectivity index (χ4n) is 3.46. The summed E-state index contributed by atoms with van der Waals surface area (Å²) in [5, 5.41) is 5.32. The Bertz CT molecular complexity index is 1290. The lowest BCUT2D eigenvalue weighted by Gasteiger charge is -2.11. The molecule has 0 atom stereocenters. The number of aromatic nitrogens is 2. The smallest absolute Gasteiger partial charge is 0.263 e. The summed E-state index contributed by atoms with van der Waals surface area (Å²) >= 11 is 1.43. The van der Waals surface area contributed by atoms with Gasteiger partial charge in [0.1, 0.15) is 17.1 Å². The molecular weight excluding hydrogens is 422 g/mol. The molecule has 0 spiro atoms. The van der Waals surface area contributed by atoms with Crippen LogP contribution in [0.2, 0.25) is 0 Å². The van der Waals surface area contributed by atoms with Crippen molar-refractivity contribution in [2.45, 2.75) is 39.8 Å². The molecular formula is C25H25N3O3S. The Morgan fingerprint density at radius 2 is 1.84 bits per heavy atom. The summed E-state index contributed by atoms with van der Waals surface area (Å²) in [7, 11) is 0. The van der Waals surface area contributed by atoms with Crippen LogP contribution in [0.4, 0.5) is 5.69 Å².